The monoisotopic (exact) mass is 282 g/mol. The molecule has 0 radical (unpaired) electrons. The summed E-state index contributed by atoms with van der Waals surface area (Å²) in [5, 5.41) is 0. The molecule has 4 nitrogen and oxygen atoms in total. The Morgan fingerprint density at radius 2 is 2.38 bits per heavy atom. The average Bonchev–Trinajstić information content (AvgIpc) is 3.06. The molecule has 0 unspecified atom stereocenters. The summed E-state index contributed by atoms with van der Waals surface area (Å²) in [6, 6.07) is 1.80. The summed E-state index contributed by atoms with van der Waals surface area (Å²) in [4.78, 5) is 18.0. The van der Waals surface area contributed by atoms with Crippen molar-refractivity contribution in [1.82, 2.24) is 9.88 Å². The number of nitrogens with zero attached hydrogens (tertiary/aromatic N) is 2. The molecule has 84 valence electrons. The van der Waals surface area contributed by atoms with Gasteiger partial charge in [-0.1, -0.05) is 0 Å². The van der Waals surface area contributed by atoms with Crippen LogP contribution in [0.25, 0.3) is 0 Å². The Balaban J connectivity index is 1.76. The minimum Gasteiger partial charge on any atom is -0.368 e. The highest BCUT2D eigenvalue weighted by atomic mass is 79.9. The Kier molecular flexibility index (Phi) is 2.44. The Hall–Kier alpha value is -0.940. The van der Waals surface area contributed by atoms with Crippen molar-refractivity contribution in [3.8, 4) is 0 Å². The molecule has 1 aromatic rings. The number of carbonyl (C=O) groups excluding carboxylic acids is 1. The second-order valence-electron chi connectivity index (χ2n) is 4.14. The molecular formula is C11H11BrN2O2. The lowest BCUT2D eigenvalue weighted by Gasteiger charge is -2.24. The van der Waals surface area contributed by atoms with Gasteiger partial charge in [-0.25, -0.2) is 0 Å². The first-order chi connectivity index (χ1) is 7.74. The van der Waals surface area contributed by atoms with Gasteiger partial charge in [-0.2, -0.15) is 0 Å². The van der Waals surface area contributed by atoms with Crippen molar-refractivity contribution in [2.24, 2.45) is 0 Å². The number of fused-ring (bicyclic) bond motifs is 1. The molecule has 3 rings (SSSR count). The van der Waals surface area contributed by atoms with E-state index in [1.54, 1.807) is 18.5 Å². The molecule has 0 N–H and O–H groups in total. The molecule has 1 amide bonds. The number of hydrogen-bond acceptors (Lipinski definition) is 3. The van der Waals surface area contributed by atoms with E-state index in [0.29, 0.717) is 11.7 Å². The third-order valence-corrected chi connectivity index (χ3v) is 3.44. The van der Waals surface area contributed by atoms with Gasteiger partial charge in [0.1, 0.15) is 6.10 Å². The van der Waals surface area contributed by atoms with Crippen molar-refractivity contribution in [2.45, 2.75) is 18.6 Å². The predicted octanol–water partition coefficient (Wildman–Crippen LogP) is 1.46. The highest BCUT2D eigenvalue weighted by molar-refractivity contribution is 9.10. The van der Waals surface area contributed by atoms with Gasteiger partial charge >= 0.3 is 0 Å². The molecular weight excluding hydrogens is 272 g/mol. The van der Waals surface area contributed by atoms with Crippen molar-refractivity contribution < 1.29 is 9.53 Å². The first-order valence-electron chi connectivity index (χ1n) is 5.29. The van der Waals surface area contributed by atoms with Crippen LogP contribution in [-0.2, 0) is 4.74 Å². The van der Waals surface area contributed by atoms with Gasteiger partial charge in [0.15, 0.2) is 0 Å². The van der Waals surface area contributed by atoms with Gasteiger partial charge in [-0.15, -0.1) is 0 Å². The van der Waals surface area contributed by atoms with Crippen LogP contribution in [0.1, 0.15) is 16.8 Å². The molecule has 16 heavy (non-hydrogen) atoms. The molecule has 2 aliphatic rings. The smallest absolute Gasteiger partial charge is 0.255 e. The number of likely N-dealkylation sites (tertiary alicyclic amines) is 1. The fourth-order valence-corrected chi connectivity index (χ4v) is 2.45. The minimum atomic E-state index is 0.0442. The summed E-state index contributed by atoms with van der Waals surface area (Å²) in [6.45, 7) is 1.50. The van der Waals surface area contributed by atoms with Crippen LogP contribution in [0.4, 0.5) is 0 Å². The van der Waals surface area contributed by atoms with Gasteiger partial charge in [-0.05, 0) is 28.4 Å². The largest absolute Gasteiger partial charge is 0.368 e. The third-order valence-electron chi connectivity index (χ3n) is 3.01. The van der Waals surface area contributed by atoms with Crippen molar-refractivity contribution >= 4 is 21.8 Å². The lowest BCUT2D eigenvalue weighted by molar-refractivity contribution is 0.0736. The summed E-state index contributed by atoms with van der Waals surface area (Å²) in [6.07, 6.45) is 4.92. The second-order valence-corrected chi connectivity index (χ2v) is 5.06. The zero-order chi connectivity index (χ0) is 11.1. The number of rotatable bonds is 1. The number of aromatic nitrogens is 1. The van der Waals surface area contributed by atoms with Crippen LogP contribution in [0, 0.1) is 0 Å². The SMILES string of the molecule is O=C(c1cncc(Br)c1)N1CC[C@H]2O[C@@H]2C1. The highest BCUT2D eigenvalue weighted by Crippen LogP contribution is 2.31. The zero-order valence-electron chi connectivity index (χ0n) is 8.60. The first kappa shape index (κ1) is 10.2. The van der Waals surface area contributed by atoms with E-state index in [2.05, 4.69) is 20.9 Å². The normalized spacial score (nSPS) is 27.4. The molecule has 1 aromatic heterocycles. The van der Waals surface area contributed by atoms with E-state index in [0.717, 1.165) is 24.0 Å². The van der Waals surface area contributed by atoms with E-state index >= 15 is 0 Å². The quantitative estimate of drug-likeness (QED) is 0.733. The number of pyridine rings is 1. The highest BCUT2D eigenvalue weighted by Gasteiger charge is 2.44. The minimum absolute atomic E-state index is 0.0442. The van der Waals surface area contributed by atoms with Crippen LogP contribution in [-0.4, -0.2) is 41.1 Å². The Bertz CT molecular complexity index is 438. The lowest BCUT2D eigenvalue weighted by atomic mass is 10.1. The number of epoxide rings is 1. The zero-order valence-corrected chi connectivity index (χ0v) is 10.2. The number of hydrogen-bond donors (Lipinski definition) is 0. The average molecular weight is 283 g/mol. The Morgan fingerprint density at radius 1 is 1.50 bits per heavy atom. The fourth-order valence-electron chi connectivity index (χ4n) is 2.08. The fraction of sp³-hybridized carbons (Fsp3) is 0.455. The Labute approximate surface area is 102 Å². The molecule has 5 heteroatoms. The molecule has 2 aliphatic heterocycles. The Morgan fingerprint density at radius 3 is 3.12 bits per heavy atom. The van der Waals surface area contributed by atoms with Gasteiger partial charge in [-0.3, -0.25) is 9.78 Å². The molecule has 0 spiro atoms. The van der Waals surface area contributed by atoms with E-state index < -0.39 is 0 Å². The van der Waals surface area contributed by atoms with Crippen LogP contribution >= 0.6 is 15.9 Å². The number of amides is 1. The van der Waals surface area contributed by atoms with Gasteiger partial charge in [0.05, 0.1) is 11.7 Å². The summed E-state index contributed by atoms with van der Waals surface area (Å²) < 4.78 is 6.23. The van der Waals surface area contributed by atoms with Crippen molar-refractivity contribution in [1.29, 1.82) is 0 Å². The van der Waals surface area contributed by atoms with Crippen molar-refractivity contribution in [3.05, 3.63) is 28.5 Å². The van der Waals surface area contributed by atoms with E-state index in [-0.39, 0.29) is 12.0 Å². The van der Waals surface area contributed by atoms with Crippen LogP contribution in [0.5, 0.6) is 0 Å². The van der Waals surface area contributed by atoms with Crippen LogP contribution in [0.15, 0.2) is 22.9 Å². The maximum Gasteiger partial charge on any atom is 0.255 e. The number of halogens is 1. The van der Waals surface area contributed by atoms with Crippen LogP contribution < -0.4 is 0 Å². The molecule has 0 saturated carbocycles. The third kappa shape index (κ3) is 1.85. The lowest BCUT2D eigenvalue weighted by Crippen LogP contribution is -2.39. The predicted molar refractivity (Wildman–Crippen MR) is 61.1 cm³/mol. The summed E-state index contributed by atoms with van der Waals surface area (Å²) in [7, 11) is 0. The summed E-state index contributed by atoms with van der Waals surface area (Å²) in [5.41, 5.74) is 0.633. The molecule has 2 fully saturated rings. The first-order valence-corrected chi connectivity index (χ1v) is 6.08. The molecule has 0 aliphatic carbocycles. The van der Waals surface area contributed by atoms with Crippen LogP contribution in [0.3, 0.4) is 0 Å². The van der Waals surface area contributed by atoms with E-state index in [9.17, 15) is 4.79 Å². The van der Waals surface area contributed by atoms with E-state index in [1.165, 1.54) is 0 Å². The second kappa shape index (κ2) is 3.82. The molecule has 3 heterocycles. The maximum absolute atomic E-state index is 12.1. The van der Waals surface area contributed by atoms with Crippen molar-refractivity contribution in [3.63, 3.8) is 0 Å². The molecule has 2 atom stereocenters. The summed E-state index contributed by atoms with van der Waals surface area (Å²) in [5.74, 6) is 0.0442. The van der Waals surface area contributed by atoms with E-state index in [4.69, 9.17) is 4.74 Å². The number of piperidine rings is 1. The topological polar surface area (TPSA) is 45.7 Å². The molecule has 2 saturated heterocycles. The van der Waals surface area contributed by atoms with Gasteiger partial charge in [0.2, 0.25) is 0 Å². The van der Waals surface area contributed by atoms with Gasteiger partial charge < -0.3 is 9.64 Å². The molecule has 0 aromatic carbocycles. The number of ether oxygens (including phenoxy) is 1. The summed E-state index contributed by atoms with van der Waals surface area (Å²) >= 11 is 3.32. The number of carbonyl (C=O) groups is 1. The maximum atomic E-state index is 12.1. The van der Waals surface area contributed by atoms with Crippen LogP contribution in [0.2, 0.25) is 0 Å². The van der Waals surface area contributed by atoms with Crippen molar-refractivity contribution in [2.75, 3.05) is 13.1 Å². The van der Waals surface area contributed by atoms with E-state index in [1.807, 2.05) is 4.90 Å². The van der Waals surface area contributed by atoms with Gasteiger partial charge in [0.25, 0.3) is 5.91 Å². The standard InChI is InChI=1S/C11H11BrN2O2/c12-8-3-7(4-13-5-8)11(15)14-2-1-9-10(6-14)16-9/h3-5,9-10H,1-2,6H2/t9-,10-/m1/s1. The molecule has 0 bridgehead atoms. The van der Waals surface area contributed by atoms with Gasteiger partial charge in [0, 0.05) is 30.0 Å².